The first-order valence-corrected chi connectivity index (χ1v) is 10.3. The Hall–Kier alpha value is -2.68. The molecule has 1 saturated heterocycles. The van der Waals surface area contributed by atoms with Gasteiger partial charge in [-0.05, 0) is 44.6 Å². The Balaban J connectivity index is 1.55. The highest BCUT2D eigenvalue weighted by Crippen LogP contribution is 2.29. The molecule has 29 heavy (non-hydrogen) atoms. The zero-order valence-corrected chi connectivity index (χ0v) is 16.7. The molecule has 2 fully saturated rings. The van der Waals surface area contributed by atoms with Crippen molar-refractivity contribution in [2.75, 3.05) is 23.3 Å². The van der Waals surface area contributed by atoms with Gasteiger partial charge in [-0.25, -0.2) is 9.67 Å². The molecule has 3 atom stereocenters. The molecule has 156 valence electrons. The van der Waals surface area contributed by atoms with Gasteiger partial charge in [0.05, 0.1) is 12.1 Å². The summed E-state index contributed by atoms with van der Waals surface area (Å²) in [5, 5.41) is 18.0. The van der Waals surface area contributed by atoms with E-state index in [1.54, 1.807) is 31.6 Å². The quantitative estimate of drug-likeness (QED) is 0.768. The smallest absolute Gasteiger partial charge is 0.293 e. The fourth-order valence-corrected chi connectivity index (χ4v) is 4.36. The van der Waals surface area contributed by atoms with Crippen molar-refractivity contribution >= 4 is 11.6 Å². The van der Waals surface area contributed by atoms with E-state index in [4.69, 9.17) is 0 Å². The molecule has 9 heteroatoms. The Labute approximate surface area is 169 Å². The number of aryl methyl sites for hydroxylation is 1. The lowest BCUT2D eigenvalue weighted by atomic mass is 10.0. The Morgan fingerprint density at radius 3 is 2.83 bits per heavy atom. The van der Waals surface area contributed by atoms with E-state index < -0.39 is 6.10 Å². The minimum absolute atomic E-state index is 0.141. The molecule has 0 spiro atoms. The Morgan fingerprint density at radius 2 is 2.03 bits per heavy atom. The Kier molecular flexibility index (Phi) is 5.66. The van der Waals surface area contributed by atoms with Crippen molar-refractivity contribution in [3.8, 4) is 0 Å². The highest BCUT2D eigenvalue weighted by Gasteiger charge is 2.30. The molecular weight excluding hydrogens is 372 g/mol. The van der Waals surface area contributed by atoms with Crippen molar-refractivity contribution in [1.29, 1.82) is 0 Å². The van der Waals surface area contributed by atoms with E-state index in [9.17, 15) is 14.7 Å². The molecule has 0 bridgehead atoms. The van der Waals surface area contributed by atoms with Crippen LogP contribution in [0.15, 0.2) is 34.1 Å². The van der Waals surface area contributed by atoms with E-state index >= 15 is 0 Å². The van der Waals surface area contributed by atoms with Gasteiger partial charge in [0.25, 0.3) is 11.1 Å². The standard InChI is InChI=1S/C20H28N6O3/c1-24-12-10-21-19(20(24)29)22-13-14-5-2-3-11-25(14)17-8-9-18(28)26(23-17)15-6-4-7-16(15)27/h8-10,12,14-16,27H,2-7,11,13H2,1H3,(H,21,22). The predicted octanol–water partition coefficient (Wildman–Crippen LogP) is 0.894. The van der Waals surface area contributed by atoms with E-state index in [2.05, 4.69) is 20.3 Å². The van der Waals surface area contributed by atoms with Crippen LogP contribution in [0, 0.1) is 0 Å². The number of aliphatic hydroxyl groups excluding tert-OH is 1. The van der Waals surface area contributed by atoms with E-state index in [0.29, 0.717) is 18.8 Å². The van der Waals surface area contributed by atoms with Crippen LogP contribution < -0.4 is 21.3 Å². The third kappa shape index (κ3) is 4.05. The van der Waals surface area contributed by atoms with E-state index in [-0.39, 0.29) is 23.2 Å². The van der Waals surface area contributed by atoms with Crippen LogP contribution in [0.1, 0.15) is 44.6 Å². The van der Waals surface area contributed by atoms with Gasteiger partial charge >= 0.3 is 0 Å². The minimum atomic E-state index is -0.519. The molecule has 2 aliphatic rings. The van der Waals surface area contributed by atoms with Gasteiger partial charge in [0.2, 0.25) is 0 Å². The Bertz CT molecular complexity index is 971. The lowest BCUT2D eigenvalue weighted by Gasteiger charge is -2.37. The number of nitrogens with one attached hydrogen (secondary N) is 1. The molecule has 1 aliphatic heterocycles. The van der Waals surface area contributed by atoms with Crippen molar-refractivity contribution in [3.05, 3.63) is 45.2 Å². The molecule has 1 saturated carbocycles. The minimum Gasteiger partial charge on any atom is -0.391 e. The molecule has 2 aromatic rings. The molecular formula is C20H28N6O3. The molecule has 4 rings (SSSR count). The maximum atomic E-state index is 12.4. The van der Waals surface area contributed by atoms with Gasteiger partial charge < -0.3 is 19.9 Å². The fraction of sp³-hybridized carbons (Fsp3) is 0.600. The van der Waals surface area contributed by atoms with Crippen molar-refractivity contribution in [3.63, 3.8) is 0 Å². The SMILES string of the molecule is Cn1ccnc(NCC2CCCCN2c2ccc(=O)n(C3CCCC3O)n2)c1=O. The monoisotopic (exact) mass is 400 g/mol. The van der Waals surface area contributed by atoms with Crippen LogP contribution in [-0.4, -0.2) is 49.7 Å². The van der Waals surface area contributed by atoms with Crippen molar-refractivity contribution in [1.82, 2.24) is 19.3 Å². The first-order chi connectivity index (χ1) is 14.0. The highest BCUT2D eigenvalue weighted by molar-refractivity contribution is 5.40. The second-order valence-corrected chi connectivity index (χ2v) is 7.96. The summed E-state index contributed by atoms with van der Waals surface area (Å²) in [5.41, 5.74) is -0.333. The van der Waals surface area contributed by atoms with Crippen LogP contribution in [0.5, 0.6) is 0 Å². The summed E-state index contributed by atoms with van der Waals surface area (Å²) >= 11 is 0. The number of hydrogen-bond acceptors (Lipinski definition) is 7. The number of anilines is 2. The second kappa shape index (κ2) is 8.36. The van der Waals surface area contributed by atoms with Crippen LogP contribution in [0.4, 0.5) is 11.6 Å². The maximum absolute atomic E-state index is 12.4. The van der Waals surface area contributed by atoms with Crippen molar-refractivity contribution in [2.24, 2.45) is 7.05 Å². The first kappa shape index (κ1) is 19.6. The van der Waals surface area contributed by atoms with Crippen molar-refractivity contribution in [2.45, 2.75) is 56.7 Å². The van der Waals surface area contributed by atoms with Gasteiger partial charge in [0.1, 0.15) is 5.82 Å². The topological polar surface area (TPSA) is 105 Å². The lowest BCUT2D eigenvalue weighted by molar-refractivity contribution is 0.127. The normalized spacial score (nSPS) is 24.6. The molecule has 0 aromatic carbocycles. The second-order valence-electron chi connectivity index (χ2n) is 7.96. The number of hydrogen-bond donors (Lipinski definition) is 2. The zero-order chi connectivity index (χ0) is 20.4. The van der Waals surface area contributed by atoms with Gasteiger partial charge in [-0.1, -0.05) is 0 Å². The molecule has 1 aliphatic carbocycles. The molecule has 0 radical (unpaired) electrons. The average molecular weight is 400 g/mol. The number of nitrogens with zero attached hydrogens (tertiary/aromatic N) is 5. The van der Waals surface area contributed by atoms with Gasteiger partial charge in [-0.15, -0.1) is 0 Å². The largest absolute Gasteiger partial charge is 0.391 e. The van der Waals surface area contributed by atoms with Gasteiger partial charge in [-0.3, -0.25) is 9.59 Å². The summed E-state index contributed by atoms with van der Waals surface area (Å²) < 4.78 is 2.96. The molecule has 3 unspecified atom stereocenters. The summed E-state index contributed by atoms with van der Waals surface area (Å²) in [5.74, 6) is 1.08. The van der Waals surface area contributed by atoms with Crippen LogP contribution in [0.25, 0.3) is 0 Å². The van der Waals surface area contributed by atoms with Crippen LogP contribution in [0.3, 0.4) is 0 Å². The molecule has 2 aromatic heterocycles. The van der Waals surface area contributed by atoms with Gasteiger partial charge in [0, 0.05) is 44.6 Å². The highest BCUT2D eigenvalue weighted by atomic mass is 16.3. The summed E-state index contributed by atoms with van der Waals surface area (Å²) in [6.07, 6.45) is 8.21. The van der Waals surface area contributed by atoms with Crippen LogP contribution in [0.2, 0.25) is 0 Å². The van der Waals surface area contributed by atoms with Crippen molar-refractivity contribution < 1.29 is 5.11 Å². The number of rotatable bonds is 5. The zero-order valence-electron chi connectivity index (χ0n) is 16.7. The number of aromatic nitrogens is 4. The average Bonchev–Trinajstić information content (AvgIpc) is 3.15. The Morgan fingerprint density at radius 1 is 1.17 bits per heavy atom. The molecule has 0 amide bonds. The summed E-state index contributed by atoms with van der Waals surface area (Å²) in [4.78, 5) is 30.9. The van der Waals surface area contributed by atoms with Crippen LogP contribution in [-0.2, 0) is 7.05 Å². The maximum Gasteiger partial charge on any atom is 0.293 e. The fourth-order valence-electron chi connectivity index (χ4n) is 4.36. The van der Waals surface area contributed by atoms with E-state index in [1.807, 2.05) is 0 Å². The summed E-state index contributed by atoms with van der Waals surface area (Å²) in [6.45, 7) is 1.41. The first-order valence-electron chi connectivity index (χ1n) is 10.3. The number of piperidine rings is 1. The third-order valence-corrected chi connectivity index (χ3v) is 6.01. The molecule has 3 heterocycles. The van der Waals surface area contributed by atoms with Gasteiger partial charge in [-0.2, -0.15) is 5.10 Å². The van der Waals surface area contributed by atoms with E-state index in [1.165, 1.54) is 9.25 Å². The summed E-state index contributed by atoms with van der Waals surface area (Å²) in [6, 6.07) is 3.20. The van der Waals surface area contributed by atoms with Gasteiger partial charge in [0.15, 0.2) is 5.82 Å². The lowest BCUT2D eigenvalue weighted by Crippen LogP contribution is -2.45. The third-order valence-electron chi connectivity index (χ3n) is 6.01. The molecule has 2 N–H and O–H groups in total. The number of aliphatic hydroxyl groups is 1. The predicted molar refractivity (Wildman–Crippen MR) is 110 cm³/mol. The molecule has 9 nitrogen and oxygen atoms in total. The van der Waals surface area contributed by atoms with Crippen LogP contribution >= 0.6 is 0 Å². The summed E-state index contributed by atoms with van der Waals surface area (Å²) in [7, 11) is 1.70. The van der Waals surface area contributed by atoms with E-state index in [0.717, 1.165) is 44.5 Å².